The fraction of sp³-hybridized carbons (Fsp3) is 1.00. The van der Waals surface area contributed by atoms with E-state index in [1.807, 2.05) is 13.8 Å². The highest BCUT2D eigenvalue weighted by atomic mass is 32.2. The van der Waals surface area contributed by atoms with Gasteiger partial charge in [-0.15, -0.1) is 0 Å². The van der Waals surface area contributed by atoms with Crippen LogP contribution in [-0.4, -0.2) is 41.0 Å². The van der Waals surface area contributed by atoms with E-state index >= 15 is 0 Å². The summed E-state index contributed by atoms with van der Waals surface area (Å²) in [5, 5.41) is 0. The van der Waals surface area contributed by atoms with E-state index in [1.54, 1.807) is 0 Å². The lowest BCUT2D eigenvalue weighted by Gasteiger charge is -2.23. The molecule has 0 unspecified atom stereocenters. The lowest BCUT2D eigenvalue weighted by atomic mass is 9.90. The van der Waals surface area contributed by atoms with Crippen molar-refractivity contribution in [1.82, 2.24) is 4.72 Å². The van der Waals surface area contributed by atoms with Gasteiger partial charge in [0, 0.05) is 13.7 Å². The van der Waals surface area contributed by atoms with Gasteiger partial charge in [0.25, 0.3) is 0 Å². The molecule has 0 saturated carbocycles. The summed E-state index contributed by atoms with van der Waals surface area (Å²) in [7, 11) is -1.73. The Hall–Kier alpha value is -0.170. The molecule has 0 heterocycles. The Morgan fingerprint density at radius 3 is 2.47 bits per heavy atom. The fourth-order valence-corrected chi connectivity index (χ4v) is 2.19. The number of nitrogens with one attached hydrogen (secondary N) is 1. The maximum atomic E-state index is 11.4. The van der Waals surface area contributed by atoms with Crippen molar-refractivity contribution in [1.29, 1.82) is 0 Å². The van der Waals surface area contributed by atoms with Crippen molar-refractivity contribution in [2.24, 2.45) is 11.1 Å². The molecule has 3 N–H and O–H groups in total. The summed E-state index contributed by atoms with van der Waals surface area (Å²) in [5.41, 5.74) is 5.33. The third kappa shape index (κ3) is 7.72. The molecule has 0 aliphatic heterocycles. The zero-order valence-electron chi connectivity index (χ0n) is 9.75. The van der Waals surface area contributed by atoms with E-state index in [-0.39, 0.29) is 17.8 Å². The summed E-state index contributed by atoms with van der Waals surface area (Å²) in [4.78, 5) is 0. The molecule has 6 heteroatoms. The standard InChI is InChI=1S/C9H22N2O3S/c1-9(2,4-5-10)8-11-15(12,13)7-6-14-3/h11H,4-8,10H2,1-3H3. The average Bonchev–Trinajstić information content (AvgIpc) is 2.12. The quantitative estimate of drug-likeness (QED) is 0.620. The minimum atomic E-state index is -3.21. The predicted molar refractivity (Wildman–Crippen MR) is 61.1 cm³/mol. The largest absolute Gasteiger partial charge is 0.384 e. The number of sulfonamides is 1. The van der Waals surface area contributed by atoms with E-state index in [0.29, 0.717) is 13.1 Å². The molecule has 0 radical (unpaired) electrons. The summed E-state index contributed by atoms with van der Waals surface area (Å²) in [6, 6.07) is 0. The van der Waals surface area contributed by atoms with Crippen LogP contribution >= 0.6 is 0 Å². The molecule has 0 bridgehead atoms. The minimum absolute atomic E-state index is 0.00219. The molecule has 0 aromatic carbocycles. The van der Waals surface area contributed by atoms with Crippen molar-refractivity contribution in [2.45, 2.75) is 20.3 Å². The first-order chi connectivity index (χ1) is 6.83. The Balaban J connectivity index is 4.02. The Morgan fingerprint density at radius 2 is 2.00 bits per heavy atom. The Labute approximate surface area is 92.4 Å². The molecule has 0 rings (SSSR count). The van der Waals surface area contributed by atoms with Crippen LogP contribution in [0.5, 0.6) is 0 Å². The Morgan fingerprint density at radius 1 is 1.40 bits per heavy atom. The van der Waals surface area contributed by atoms with E-state index in [4.69, 9.17) is 10.5 Å². The number of methoxy groups -OCH3 is 1. The third-order valence-corrected chi connectivity index (χ3v) is 3.44. The van der Waals surface area contributed by atoms with Crippen LogP contribution in [0.25, 0.3) is 0 Å². The molecule has 15 heavy (non-hydrogen) atoms. The van der Waals surface area contributed by atoms with Crippen molar-refractivity contribution >= 4 is 10.0 Å². The second-order valence-electron chi connectivity index (χ2n) is 4.34. The van der Waals surface area contributed by atoms with Gasteiger partial charge in [-0.1, -0.05) is 13.8 Å². The number of ether oxygens (including phenoxy) is 1. The van der Waals surface area contributed by atoms with Gasteiger partial charge in [0.1, 0.15) is 0 Å². The van der Waals surface area contributed by atoms with Crippen LogP contribution in [0.1, 0.15) is 20.3 Å². The zero-order valence-corrected chi connectivity index (χ0v) is 10.6. The monoisotopic (exact) mass is 238 g/mol. The normalized spacial score (nSPS) is 13.1. The first kappa shape index (κ1) is 14.8. The molecule has 0 amide bonds. The molecule has 0 aliphatic rings. The Bertz CT molecular complexity index is 263. The molecule has 0 saturated heterocycles. The lowest BCUT2D eigenvalue weighted by Crippen LogP contribution is -2.37. The van der Waals surface area contributed by atoms with Gasteiger partial charge in [-0.05, 0) is 18.4 Å². The number of hydrogen-bond acceptors (Lipinski definition) is 4. The van der Waals surface area contributed by atoms with Crippen LogP contribution in [0.4, 0.5) is 0 Å². The third-order valence-electron chi connectivity index (χ3n) is 2.15. The molecule has 0 aliphatic carbocycles. The van der Waals surface area contributed by atoms with Gasteiger partial charge in [-0.2, -0.15) is 0 Å². The summed E-state index contributed by atoms with van der Waals surface area (Å²) < 4.78 is 30.1. The minimum Gasteiger partial charge on any atom is -0.384 e. The highest BCUT2D eigenvalue weighted by molar-refractivity contribution is 7.89. The van der Waals surface area contributed by atoms with Crippen molar-refractivity contribution < 1.29 is 13.2 Å². The van der Waals surface area contributed by atoms with Gasteiger partial charge in [-0.25, -0.2) is 13.1 Å². The van der Waals surface area contributed by atoms with E-state index in [0.717, 1.165) is 6.42 Å². The van der Waals surface area contributed by atoms with Crippen LogP contribution in [0.2, 0.25) is 0 Å². The number of rotatable bonds is 8. The van der Waals surface area contributed by atoms with Crippen LogP contribution < -0.4 is 10.5 Å². The maximum Gasteiger partial charge on any atom is 0.213 e. The molecular weight excluding hydrogens is 216 g/mol. The van der Waals surface area contributed by atoms with Crippen LogP contribution in [0.3, 0.4) is 0 Å². The van der Waals surface area contributed by atoms with Crippen molar-refractivity contribution in [3.8, 4) is 0 Å². The van der Waals surface area contributed by atoms with Crippen LogP contribution in [0.15, 0.2) is 0 Å². The number of nitrogens with two attached hydrogens (primary N) is 1. The molecule has 0 aromatic heterocycles. The second-order valence-corrected chi connectivity index (χ2v) is 6.26. The van der Waals surface area contributed by atoms with Crippen molar-refractivity contribution in [2.75, 3.05) is 32.6 Å². The van der Waals surface area contributed by atoms with Gasteiger partial charge < -0.3 is 10.5 Å². The smallest absolute Gasteiger partial charge is 0.213 e. The van der Waals surface area contributed by atoms with Gasteiger partial charge >= 0.3 is 0 Å². The summed E-state index contributed by atoms with van der Waals surface area (Å²) in [5.74, 6) is 0.00219. The van der Waals surface area contributed by atoms with E-state index < -0.39 is 10.0 Å². The fourth-order valence-electron chi connectivity index (χ4n) is 1.05. The molecular formula is C9H22N2O3S. The van der Waals surface area contributed by atoms with Crippen LogP contribution in [0, 0.1) is 5.41 Å². The highest BCUT2D eigenvalue weighted by Gasteiger charge is 2.20. The van der Waals surface area contributed by atoms with Gasteiger partial charge in [0.2, 0.25) is 10.0 Å². The first-order valence-corrected chi connectivity index (χ1v) is 6.64. The Kier molecular flexibility index (Phi) is 6.35. The van der Waals surface area contributed by atoms with Crippen LogP contribution in [-0.2, 0) is 14.8 Å². The summed E-state index contributed by atoms with van der Waals surface area (Å²) in [6.45, 7) is 5.16. The summed E-state index contributed by atoms with van der Waals surface area (Å²) >= 11 is 0. The van der Waals surface area contributed by atoms with Gasteiger partial charge in [-0.3, -0.25) is 0 Å². The maximum absolute atomic E-state index is 11.4. The second kappa shape index (κ2) is 6.42. The molecule has 0 spiro atoms. The molecule has 5 nitrogen and oxygen atoms in total. The SMILES string of the molecule is COCCS(=O)(=O)NCC(C)(C)CCN. The molecule has 0 aromatic rings. The first-order valence-electron chi connectivity index (χ1n) is 4.99. The predicted octanol–water partition coefficient (Wildman–Crippen LogP) is -0.0728. The topological polar surface area (TPSA) is 81.4 Å². The van der Waals surface area contributed by atoms with Crippen molar-refractivity contribution in [3.63, 3.8) is 0 Å². The zero-order chi connectivity index (χ0) is 11.9. The van der Waals surface area contributed by atoms with Gasteiger partial charge in [0.15, 0.2) is 0 Å². The number of hydrogen-bond donors (Lipinski definition) is 2. The lowest BCUT2D eigenvalue weighted by molar-refractivity contribution is 0.216. The van der Waals surface area contributed by atoms with E-state index in [2.05, 4.69) is 4.72 Å². The van der Waals surface area contributed by atoms with E-state index in [9.17, 15) is 8.42 Å². The molecule has 0 fully saturated rings. The van der Waals surface area contributed by atoms with Crippen molar-refractivity contribution in [3.05, 3.63) is 0 Å². The summed E-state index contributed by atoms with van der Waals surface area (Å²) in [6.07, 6.45) is 0.791. The average molecular weight is 238 g/mol. The molecule has 0 atom stereocenters. The highest BCUT2D eigenvalue weighted by Crippen LogP contribution is 2.17. The van der Waals surface area contributed by atoms with Gasteiger partial charge in [0.05, 0.1) is 12.4 Å². The molecule has 92 valence electrons. The van der Waals surface area contributed by atoms with E-state index in [1.165, 1.54) is 7.11 Å².